The van der Waals surface area contributed by atoms with Gasteiger partial charge < -0.3 is 5.32 Å². The van der Waals surface area contributed by atoms with Gasteiger partial charge in [-0.2, -0.15) is 0 Å². The molecule has 0 aliphatic heterocycles. The summed E-state index contributed by atoms with van der Waals surface area (Å²) < 4.78 is 2.56. The number of anilines is 1. The summed E-state index contributed by atoms with van der Waals surface area (Å²) in [5.74, 6) is 0.783. The minimum atomic E-state index is 0.672. The van der Waals surface area contributed by atoms with Crippen molar-refractivity contribution in [1.29, 1.82) is 0 Å². The number of imidazole rings is 1. The quantitative estimate of drug-likeness (QED) is 0.791. The smallest absolute Gasteiger partial charge is 0.154 e. The molecule has 0 unspecified atom stereocenters. The van der Waals surface area contributed by atoms with Crippen molar-refractivity contribution in [2.45, 2.75) is 6.54 Å². The van der Waals surface area contributed by atoms with Crippen molar-refractivity contribution >= 4 is 39.0 Å². The lowest BCUT2D eigenvalue weighted by atomic mass is 10.2. The van der Waals surface area contributed by atoms with E-state index in [0.717, 1.165) is 26.7 Å². The standard InChI is InChI=1S/C13H10BrClN4/c14-11-8-17-13-5-4-12(18-19(11)13)16-7-9-2-1-3-10(15)6-9/h1-6,8H,7H2,(H,16,18). The highest BCUT2D eigenvalue weighted by Crippen LogP contribution is 2.15. The molecule has 3 rings (SSSR count). The molecule has 3 aromatic rings. The molecule has 0 aliphatic carbocycles. The Hall–Kier alpha value is -1.59. The molecule has 0 saturated carbocycles. The molecule has 1 N–H and O–H groups in total. The zero-order valence-electron chi connectivity index (χ0n) is 9.85. The molecule has 0 amide bonds. The van der Waals surface area contributed by atoms with Gasteiger partial charge in [0.1, 0.15) is 10.4 Å². The third-order valence-corrected chi connectivity index (χ3v) is 3.46. The molecule has 2 heterocycles. The minimum Gasteiger partial charge on any atom is -0.365 e. The predicted molar refractivity (Wildman–Crippen MR) is 79.5 cm³/mol. The lowest BCUT2D eigenvalue weighted by Gasteiger charge is -2.06. The molecule has 0 atom stereocenters. The highest BCUT2D eigenvalue weighted by molar-refractivity contribution is 9.10. The highest BCUT2D eigenvalue weighted by Gasteiger charge is 2.03. The van der Waals surface area contributed by atoms with Crippen LogP contribution in [0.5, 0.6) is 0 Å². The number of hydrogen-bond donors (Lipinski definition) is 1. The third kappa shape index (κ3) is 2.72. The van der Waals surface area contributed by atoms with Crippen LogP contribution in [0, 0.1) is 0 Å². The Morgan fingerprint density at radius 1 is 1.26 bits per heavy atom. The predicted octanol–water partition coefficient (Wildman–Crippen LogP) is 3.76. The summed E-state index contributed by atoms with van der Waals surface area (Å²) in [4.78, 5) is 4.20. The van der Waals surface area contributed by atoms with E-state index < -0.39 is 0 Å². The van der Waals surface area contributed by atoms with Crippen molar-refractivity contribution < 1.29 is 0 Å². The van der Waals surface area contributed by atoms with Crippen molar-refractivity contribution in [3.05, 3.63) is 57.8 Å². The molecule has 4 nitrogen and oxygen atoms in total. The fourth-order valence-electron chi connectivity index (χ4n) is 1.78. The van der Waals surface area contributed by atoms with Crippen molar-refractivity contribution in [1.82, 2.24) is 14.6 Å². The maximum absolute atomic E-state index is 5.95. The van der Waals surface area contributed by atoms with Crippen LogP contribution in [0.2, 0.25) is 5.02 Å². The van der Waals surface area contributed by atoms with Crippen LogP contribution in [0.4, 0.5) is 5.82 Å². The van der Waals surface area contributed by atoms with Gasteiger partial charge in [0.05, 0.1) is 6.20 Å². The summed E-state index contributed by atoms with van der Waals surface area (Å²) in [6.07, 6.45) is 1.73. The summed E-state index contributed by atoms with van der Waals surface area (Å²) in [6, 6.07) is 11.6. The number of benzene rings is 1. The number of aromatic nitrogens is 3. The van der Waals surface area contributed by atoms with E-state index in [1.165, 1.54) is 0 Å². The summed E-state index contributed by atoms with van der Waals surface area (Å²) in [5, 5.41) is 8.43. The Labute approximate surface area is 123 Å². The monoisotopic (exact) mass is 336 g/mol. The largest absolute Gasteiger partial charge is 0.365 e. The average molecular weight is 338 g/mol. The lowest BCUT2D eigenvalue weighted by Crippen LogP contribution is -2.04. The van der Waals surface area contributed by atoms with E-state index in [-0.39, 0.29) is 0 Å². The molecule has 0 spiro atoms. The van der Waals surface area contributed by atoms with Crippen LogP contribution < -0.4 is 5.32 Å². The Morgan fingerprint density at radius 2 is 2.16 bits per heavy atom. The second-order valence-electron chi connectivity index (χ2n) is 4.05. The number of nitrogens with zero attached hydrogens (tertiary/aromatic N) is 3. The second-order valence-corrected chi connectivity index (χ2v) is 5.30. The zero-order valence-corrected chi connectivity index (χ0v) is 12.2. The van der Waals surface area contributed by atoms with E-state index >= 15 is 0 Å². The van der Waals surface area contributed by atoms with E-state index in [1.807, 2.05) is 36.4 Å². The number of fused-ring (bicyclic) bond motifs is 1. The first-order valence-electron chi connectivity index (χ1n) is 5.71. The molecule has 1 aromatic carbocycles. The number of nitrogens with one attached hydrogen (secondary N) is 1. The van der Waals surface area contributed by atoms with Crippen LogP contribution in [0.15, 0.2) is 47.2 Å². The molecule has 0 saturated heterocycles. The molecular formula is C13H10BrClN4. The third-order valence-electron chi connectivity index (χ3n) is 2.68. The van der Waals surface area contributed by atoms with Gasteiger partial charge in [-0.05, 0) is 45.8 Å². The molecule has 19 heavy (non-hydrogen) atoms. The molecule has 2 aromatic heterocycles. The average Bonchev–Trinajstić information content (AvgIpc) is 2.78. The van der Waals surface area contributed by atoms with Crippen LogP contribution in [0.1, 0.15) is 5.56 Å². The Bertz CT molecular complexity index is 725. The fourth-order valence-corrected chi connectivity index (χ4v) is 2.36. The summed E-state index contributed by atoms with van der Waals surface area (Å²) in [5.41, 5.74) is 1.92. The molecule has 0 bridgehead atoms. The first-order chi connectivity index (χ1) is 9.22. The van der Waals surface area contributed by atoms with Gasteiger partial charge in [-0.3, -0.25) is 0 Å². The number of halogens is 2. The van der Waals surface area contributed by atoms with Crippen LogP contribution in [0.25, 0.3) is 5.65 Å². The maximum atomic E-state index is 5.95. The van der Waals surface area contributed by atoms with E-state index in [4.69, 9.17) is 11.6 Å². The highest BCUT2D eigenvalue weighted by atomic mass is 79.9. The van der Waals surface area contributed by atoms with E-state index in [0.29, 0.717) is 6.54 Å². The first-order valence-corrected chi connectivity index (χ1v) is 6.88. The SMILES string of the molecule is Clc1cccc(CNc2ccc3ncc(Br)n3n2)c1. The molecule has 0 aliphatic rings. The maximum Gasteiger partial charge on any atom is 0.154 e. The van der Waals surface area contributed by atoms with E-state index in [1.54, 1.807) is 10.7 Å². The minimum absolute atomic E-state index is 0.672. The normalized spacial score (nSPS) is 10.8. The fraction of sp³-hybridized carbons (Fsp3) is 0.0769. The van der Waals surface area contributed by atoms with Crippen molar-refractivity contribution in [3.8, 4) is 0 Å². The first kappa shape index (κ1) is 12.4. The van der Waals surface area contributed by atoms with Crippen LogP contribution >= 0.6 is 27.5 Å². The Balaban J connectivity index is 1.79. The van der Waals surface area contributed by atoms with E-state index in [9.17, 15) is 0 Å². The van der Waals surface area contributed by atoms with Crippen LogP contribution in [-0.2, 0) is 6.54 Å². The van der Waals surface area contributed by atoms with Gasteiger partial charge in [0.2, 0.25) is 0 Å². The van der Waals surface area contributed by atoms with Crippen molar-refractivity contribution in [3.63, 3.8) is 0 Å². The van der Waals surface area contributed by atoms with Gasteiger partial charge in [0.15, 0.2) is 5.65 Å². The zero-order chi connectivity index (χ0) is 13.2. The summed E-state index contributed by atoms with van der Waals surface area (Å²) >= 11 is 9.35. The molecule has 0 fully saturated rings. The summed E-state index contributed by atoms with van der Waals surface area (Å²) in [7, 11) is 0. The van der Waals surface area contributed by atoms with Gasteiger partial charge in [0, 0.05) is 11.6 Å². The van der Waals surface area contributed by atoms with E-state index in [2.05, 4.69) is 31.3 Å². The van der Waals surface area contributed by atoms with Crippen LogP contribution in [-0.4, -0.2) is 14.6 Å². The molecule has 0 radical (unpaired) electrons. The van der Waals surface area contributed by atoms with Gasteiger partial charge in [0.25, 0.3) is 0 Å². The number of hydrogen-bond acceptors (Lipinski definition) is 3. The van der Waals surface area contributed by atoms with Gasteiger partial charge in [-0.25, -0.2) is 9.50 Å². The second kappa shape index (κ2) is 5.19. The number of rotatable bonds is 3. The topological polar surface area (TPSA) is 42.2 Å². The van der Waals surface area contributed by atoms with Crippen molar-refractivity contribution in [2.75, 3.05) is 5.32 Å². The van der Waals surface area contributed by atoms with Gasteiger partial charge in [-0.1, -0.05) is 23.7 Å². The molecule has 96 valence electrons. The molecular weight excluding hydrogens is 328 g/mol. The van der Waals surface area contributed by atoms with Crippen LogP contribution in [0.3, 0.4) is 0 Å². The summed E-state index contributed by atoms with van der Waals surface area (Å²) in [6.45, 7) is 0.672. The molecule has 6 heteroatoms. The Morgan fingerprint density at radius 3 is 3.00 bits per heavy atom. The van der Waals surface area contributed by atoms with Crippen molar-refractivity contribution in [2.24, 2.45) is 0 Å². The lowest BCUT2D eigenvalue weighted by molar-refractivity contribution is 0.907. The van der Waals surface area contributed by atoms with Gasteiger partial charge in [-0.15, -0.1) is 5.10 Å². The Kier molecular flexibility index (Phi) is 3.40. The van der Waals surface area contributed by atoms with Gasteiger partial charge >= 0.3 is 0 Å².